The Balaban J connectivity index is 3.69. The van der Waals surface area contributed by atoms with Crippen molar-refractivity contribution < 1.29 is 8.85 Å². The number of hydrogen-bond donors (Lipinski definition) is 0. The van der Waals surface area contributed by atoms with Gasteiger partial charge in [-0.05, 0) is 52.4 Å². The lowest BCUT2D eigenvalue weighted by Gasteiger charge is -2.20. The average molecular weight is 249 g/mol. The van der Waals surface area contributed by atoms with Crippen molar-refractivity contribution in [3.63, 3.8) is 0 Å². The predicted molar refractivity (Wildman–Crippen MR) is 72.7 cm³/mol. The van der Waals surface area contributed by atoms with Gasteiger partial charge in [0.05, 0.1) is 0 Å². The maximum Gasteiger partial charge on any atom is 0.176 e. The lowest BCUT2D eigenvalue weighted by molar-refractivity contribution is 0.237. The topological polar surface area (TPSA) is 18.5 Å². The summed E-state index contributed by atoms with van der Waals surface area (Å²) < 4.78 is 11.8. The van der Waals surface area contributed by atoms with Gasteiger partial charge in [-0.1, -0.05) is 6.92 Å². The zero-order valence-corrected chi connectivity index (χ0v) is 13.6. The maximum absolute atomic E-state index is 5.96. The minimum atomic E-state index is -0.921. The van der Waals surface area contributed by atoms with Gasteiger partial charge in [-0.3, -0.25) is 0 Å². The van der Waals surface area contributed by atoms with Gasteiger partial charge in [0.1, 0.15) is 0 Å². The molecule has 15 heavy (non-hydrogen) atoms. The summed E-state index contributed by atoms with van der Waals surface area (Å²) in [7, 11) is -1.84. The van der Waals surface area contributed by atoms with Gasteiger partial charge in [-0.15, -0.1) is 0 Å². The van der Waals surface area contributed by atoms with E-state index in [0.29, 0.717) is 12.2 Å². The second-order valence-electron chi connectivity index (χ2n) is 4.79. The van der Waals surface area contributed by atoms with Crippen molar-refractivity contribution in [2.24, 2.45) is 0 Å². The summed E-state index contributed by atoms with van der Waals surface area (Å²) in [6, 6.07) is 3.84. The van der Waals surface area contributed by atoms with Crippen molar-refractivity contribution in [1.29, 1.82) is 0 Å². The molecule has 0 amide bonds. The van der Waals surface area contributed by atoms with Crippen LogP contribution in [0.5, 0.6) is 0 Å². The zero-order chi connectivity index (χ0) is 11.8. The molecule has 2 unspecified atom stereocenters. The molecule has 0 aliphatic heterocycles. The van der Waals surface area contributed by atoms with E-state index in [0.717, 1.165) is 0 Å². The van der Waals surface area contributed by atoms with Gasteiger partial charge in [0, 0.05) is 12.2 Å². The van der Waals surface area contributed by atoms with E-state index in [1.807, 2.05) is 0 Å². The lowest BCUT2D eigenvalue weighted by Crippen LogP contribution is -2.25. The molecule has 0 saturated heterocycles. The van der Waals surface area contributed by atoms with Gasteiger partial charge in [-0.2, -0.15) is 0 Å². The Morgan fingerprint density at radius 2 is 1.47 bits per heavy atom. The van der Waals surface area contributed by atoms with E-state index in [1.165, 1.54) is 18.1 Å². The standard InChI is InChI=1S/C11H28O2Si2/c1-7-15(13-11(4)5)9-8-14(6)12-10(2)3/h10-11,14-15H,7-9H2,1-6H3. The Hall–Kier alpha value is 0.354. The fourth-order valence-electron chi connectivity index (χ4n) is 1.71. The summed E-state index contributed by atoms with van der Waals surface area (Å²) in [4.78, 5) is 0. The van der Waals surface area contributed by atoms with Crippen molar-refractivity contribution in [3.05, 3.63) is 0 Å². The molecule has 0 spiro atoms. The van der Waals surface area contributed by atoms with E-state index >= 15 is 0 Å². The average Bonchev–Trinajstić information content (AvgIpc) is 2.10. The summed E-state index contributed by atoms with van der Waals surface area (Å²) in [6.07, 6.45) is 0.809. The van der Waals surface area contributed by atoms with Crippen LogP contribution in [0.4, 0.5) is 0 Å². The molecule has 0 aliphatic rings. The minimum absolute atomic E-state index is 0.402. The molecule has 4 heteroatoms. The molecule has 92 valence electrons. The molecule has 0 aromatic heterocycles. The molecule has 0 aromatic carbocycles. The van der Waals surface area contributed by atoms with Gasteiger partial charge >= 0.3 is 0 Å². The molecule has 0 rings (SSSR count). The molecule has 0 radical (unpaired) electrons. The maximum atomic E-state index is 5.96. The first-order valence-corrected chi connectivity index (χ1v) is 10.8. The highest BCUT2D eigenvalue weighted by Gasteiger charge is 2.15. The van der Waals surface area contributed by atoms with E-state index in [1.54, 1.807) is 0 Å². The fraction of sp³-hybridized carbons (Fsp3) is 1.00. The van der Waals surface area contributed by atoms with Gasteiger partial charge in [0.25, 0.3) is 0 Å². The Morgan fingerprint density at radius 1 is 0.933 bits per heavy atom. The van der Waals surface area contributed by atoms with Gasteiger partial charge in [0.2, 0.25) is 0 Å². The summed E-state index contributed by atoms with van der Waals surface area (Å²) in [5.74, 6) is 0. The fourth-order valence-corrected chi connectivity index (χ4v) is 7.64. The molecule has 0 saturated carbocycles. The van der Waals surface area contributed by atoms with Crippen molar-refractivity contribution in [2.45, 2.75) is 71.5 Å². The minimum Gasteiger partial charge on any atom is -0.418 e. The first-order chi connectivity index (χ1) is 6.95. The largest absolute Gasteiger partial charge is 0.418 e. The second kappa shape index (κ2) is 8.50. The van der Waals surface area contributed by atoms with Crippen LogP contribution in [-0.4, -0.2) is 30.3 Å². The molecule has 0 fully saturated rings. The molecule has 2 nitrogen and oxygen atoms in total. The summed E-state index contributed by atoms with van der Waals surface area (Å²) in [5, 5.41) is 0. The van der Waals surface area contributed by atoms with Crippen molar-refractivity contribution >= 4 is 18.1 Å². The first-order valence-electron chi connectivity index (χ1n) is 6.26. The third-order valence-corrected chi connectivity index (χ3v) is 7.96. The van der Waals surface area contributed by atoms with Crippen LogP contribution in [0.25, 0.3) is 0 Å². The van der Waals surface area contributed by atoms with Gasteiger partial charge in [-0.25, -0.2) is 0 Å². The molecule has 0 heterocycles. The van der Waals surface area contributed by atoms with Crippen LogP contribution in [-0.2, 0) is 8.85 Å². The number of rotatable bonds is 8. The van der Waals surface area contributed by atoms with E-state index in [-0.39, 0.29) is 0 Å². The second-order valence-corrected chi connectivity index (χ2v) is 10.2. The van der Waals surface area contributed by atoms with Crippen LogP contribution >= 0.6 is 0 Å². The van der Waals surface area contributed by atoms with Crippen LogP contribution in [0.2, 0.25) is 24.7 Å². The Morgan fingerprint density at radius 3 is 1.87 bits per heavy atom. The zero-order valence-electron chi connectivity index (χ0n) is 11.2. The van der Waals surface area contributed by atoms with Crippen molar-refractivity contribution in [3.8, 4) is 0 Å². The highest BCUT2D eigenvalue weighted by atomic mass is 28.3. The Bertz CT molecular complexity index is 152. The SMILES string of the molecule is CC[SiH](CC[SiH](C)OC(C)C)OC(C)C. The molecular weight excluding hydrogens is 220 g/mol. The van der Waals surface area contributed by atoms with Crippen LogP contribution in [0.1, 0.15) is 34.6 Å². The molecular formula is C11H28O2Si2. The van der Waals surface area contributed by atoms with E-state index in [9.17, 15) is 0 Å². The predicted octanol–water partition coefficient (Wildman–Crippen LogP) is 2.93. The summed E-state index contributed by atoms with van der Waals surface area (Å²) >= 11 is 0. The van der Waals surface area contributed by atoms with Crippen molar-refractivity contribution in [2.75, 3.05) is 0 Å². The molecule has 0 aromatic rings. The van der Waals surface area contributed by atoms with Crippen LogP contribution in [0.3, 0.4) is 0 Å². The third kappa shape index (κ3) is 9.29. The molecule has 2 atom stereocenters. The van der Waals surface area contributed by atoms with Crippen LogP contribution < -0.4 is 0 Å². The monoisotopic (exact) mass is 248 g/mol. The first kappa shape index (κ1) is 15.4. The van der Waals surface area contributed by atoms with Crippen LogP contribution in [0.15, 0.2) is 0 Å². The van der Waals surface area contributed by atoms with Crippen molar-refractivity contribution in [1.82, 2.24) is 0 Å². The quantitative estimate of drug-likeness (QED) is 0.615. The highest BCUT2D eigenvalue weighted by Crippen LogP contribution is 2.11. The molecule has 0 N–H and O–H groups in total. The van der Waals surface area contributed by atoms with Crippen LogP contribution in [0, 0.1) is 0 Å². The Labute approximate surface area is 98.8 Å². The van der Waals surface area contributed by atoms with E-state index in [4.69, 9.17) is 8.85 Å². The smallest absolute Gasteiger partial charge is 0.176 e. The summed E-state index contributed by atoms with van der Waals surface area (Å²) in [6.45, 7) is 13.1. The normalized spacial score (nSPS) is 16.0. The van der Waals surface area contributed by atoms with Gasteiger partial charge < -0.3 is 8.85 Å². The van der Waals surface area contributed by atoms with E-state index in [2.05, 4.69) is 41.2 Å². The summed E-state index contributed by atoms with van der Waals surface area (Å²) in [5.41, 5.74) is 0. The number of hydrogen-bond acceptors (Lipinski definition) is 2. The molecule has 0 aliphatic carbocycles. The van der Waals surface area contributed by atoms with E-state index < -0.39 is 18.1 Å². The Kier molecular flexibility index (Phi) is 8.70. The third-order valence-electron chi connectivity index (χ3n) is 2.32. The highest BCUT2D eigenvalue weighted by molar-refractivity contribution is 6.57. The molecule has 0 bridgehead atoms. The lowest BCUT2D eigenvalue weighted by atomic mass is 10.5. The van der Waals surface area contributed by atoms with Gasteiger partial charge in [0.15, 0.2) is 18.1 Å².